The Balaban J connectivity index is 2.37. The third-order valence-corrected chi connectivity index (χ3v) is 3.49. The molecule has 0 bridgehead atoms. The lowest BCUT2D eigenvalue weighted by Crippen LogP contribution is -2.17. The molecule has 4 nitrogen and oxygen atoms in total. The lowest BCUT2D eigenvalue weighted by atomic mass is 9.86. The maximum atomic E-state index is 5.06. The van der Waals surface area contributed by atoms with Gasteiger partial charge in [0.25, 0.3) is 0 Å². The van der Waals surface area contributed by atoms with Gasteiger partial charge in [0.2, 0.25) is 5.88 Å². The van der Waals surface area contributed by atoms with Crippen LogP contribution in [0.5, 0.6) is 5.88 Å². The highest BCUT2D eigenvalue weighted by molar-refractivity contribution is 5.58. The molecule has 2 aromatic rings. The van der Waals surface area contributed by atoms with Crippen molar-refractivity contribution in [3.8, 4) is 17.1 Å². The Kier molecular flexibility index (Phi) is 3.79. The van der Waals surface area contributed by atoms with Crippen LogP contribution in [-0.4, -0.2) is 22.1 Å². The van der Waals surface area contributed by atoms with E-state index in [1.807, 2.05) is 18.2 Å². The van der Waals surface area contributed by atoms with Gasteiger partial charge in [-0.25, -0.2) is 15.0 Å². The van der Waals surface area contributed by atoms with Gasteiger partial charge in [-0.05, 0) is 18.6 Å². The summed E-state index contributed by atoms with van der Waals surface area (Å²) >= 11 is 0. The quantitative estimate of drug-likeness (QED) is 0.843. The zero-order valence-corrected chi connectivity index (χ0v) is 11.8. The summed E-state index contributed by atoms with van der Waals surface area (Å²) in [6.45, 7) is 6.54. The second-order valence-corrected chi connectivity index (χ2v) is 5.12. The molecule has 0 aliphatic carbocycles. The minimum atomic E-state index is 0.0532. The van der Waals surface area contributed by atoms with Crippen LogP contribution in [-0.2, 0) is 5.41 Å². The molecule has 2 aromatic heterocycles. The molecule has 0 atom stereocenters. The van der Waals surface area contributed by atoms with E-state index in [2.05, 4.69) is 35.7 Å². The van der Waals surface area contributed by atoms with E-state index in [-0.39, 0.29) is 5.41 Å². The van der Waals surface area contributed by atoms with Gasteiger partial charge in [-0.3, -0.25) is 0 Å². The first-order valence-corrected chi connectivity index (χ1v) is 6.40. The number of hydrogen-bond donors (Lipinski definition) is 0. The smallest absolute Gasteiger partial charge is 0.212 e. The molecular formula is C15H19N3O. The van der Waals surface area contributed by atoms with Gasteiger partial charge in [0, 0.05) is 28.9 Å². The fourth-order valence-corrected chi connectivity index (χ4v) is 1.72. The van der Waals surface area contributed by atoms with Crippen LogP contribution in [0, 0.1) is 0 Å². The van der Waals surface area contributed by atoms with E-state index in [4.69, 9.17) is 4.74 Å². The number of aromatic nitrogens is 3. The van der Waals surface area contributed by atoms with Gasteiger partial charge in [-0.15, -0.1) is 0 Å². The fourth-order valence-electron chi connectivity index (χ4n) is 1.72. The summed E-state index contributed by atoms with van der Waals surface area (Å²) in [5.74, 6) is 0.604. The van der Waals surface area contributed by atoms with Gasteiger partial charge >= 0.3 is 0 Å². The van der Waals surface area contributed by atoms with Crippen LogP contribution in [0.25, 0.3) is 11.3 Å². The van der Waals surface area contributed by atoms with Crippen molar-refractivity contribution in [2.75, 3.05) is 7.11 Å². The monoisotopic (exact) mass is 257 g/mol. The first-order chi connectivity index (χ1) is 9.06. The number of methoxy groups -OCH3 is 1. The molecule has 2 heterocycles. The summed E-state index contributed by atoms with van der Waals surface area (Å²) in [7, 11) is 1.61. The van der Waals surface area contributed by atoms with E-state index in [0.29, 0.717) is 5.88 Å². The van der Waals surface area contributed by atoms with Crippen molar-refractivity contribution in [2.24, 2.45) is 0 Å². The third-order valence-electron chi connectivity index (χ3n) is 3.49. The molecule has 0 aromatic carbocycles. The number of ether oxygens (including phenoxy) is 1. The van der Waals surface area contributed by atoms with Gasteiger partial charge in [0.15, 0.2) is 0 Å². The minimum absolute atomic E-state index is 0.0532. The van der Waals surface area contributed by atoms with E-state index in [0.717, 1.165) is 23.4 Å². The van der Waals surface area contributed by atoms with Crippen molar-refractivity contribution >= 4 is 0 Å². The Labute approximate surface area is 113 Å². The topological polar surface area (TPSA) is 47.9 Å². The fraction of sp³-hybridized carbons (Fsp3) is 0.400. The highest BCUT2D eigenvalue weighted by Crippen LogP contribution is 2.27. The second-order valence-electron chi connectivity index (χ2n) is 5.12. The average Bonchev–Trinajstić information content (AvgIpc) is 2.47. The van der Waals surface area contributed by atoms with E-state index >= 15 is 0 Å². The van der Waals surface area contributed by atoms with Crippen molar-refractivity contribution in [1.82, 2.24) is 15.0 Å². The molecule has 4 heteroatoms. The van der Waals surface area contributed by atoms with Crippen molar-refractivity contribution in [1.29, 1.82) is 0 Å². The SMILES string of the molecule is CCC(C)(C)c1cc(-c2ccc(OC)nc2)ncn1. The maximum Gasteiger partial charge on any atom is 0.212 e. The van der Waals surface area contributed by atoms with Crippen molar-refractivity contribution < 1.29 is 4.74 Å². The van der Waals surface area contributed by atoms with Gasteiger partial charge in [0.1, 0.15) is 6.33 Å². The van der Waals surface area contributed by atoms with Crippen LogP contribution in [0.4, 0.5) is 0 Å². The molecule has 0 radical (unpaired) electrons. The van der Waals surface area contributed by atoms with Crippen molar-refractivity contribution in [3.63, 3.8) is 0 Å². The molecular weight excluding hydrogens is 238 g/mol. The van der Waals surface area contributed by atoms with E-state index in [9.17, 15) is 0 Å². The summed E-state index contributed by atoms with van der Waals surface area (Å²) in [4.78, 5) is 12.9. The molecule has 2 rings (SSSR count). The van der Waals surface area contributed by atoms with Crippen molar-refractivity contribution in [2.45, 2.75) is 32.6 Å². The Morgan fingerprint density at radius 3 is 2.53 bits per heavy atom. The predicted octanol–water partition coefficient (Wildman–Crippen LogP) is 3.23. The molecule has 0 saturated heterocycles. The lowest BCUT2D eigenvalue weighted by Gasteiger charge is -2.22. The molecule has 0 aliphatic heterocycles. The highest BCUT2D eigenvalue weighted by Gasteiger charge is 2.20. The Morgan fingerprint density at radius 1 is 1.16 bits per heavy atom. The molecule has 0 unspecified atom stereocenters. The Hall–Kier alpha value is -1.97. The van der Waals surface area contributed by atoms with Gasteiger partial charge in [-0.1, -0.05) is 20.8 Å². The van der Waals surface area contributed by atoms with Crippen LogP contribution < -0.4 is 4.74 Å². The standard InChI is InChI=1S/C15H19N3O/c1-5-15(2,3)13-8-12(17-10-18-13)11-6-7-14(19-4)16-9-11/h6-10H,5H2,1-4H3. The predicted molar refractivity (Wildman–Crippen MR) is 75.1 cm³/mol. The largest absolute Gasteiger partial charge is 0.481 e. The summed E-state index contributed by atoms with van der Waals surface area (Å²) < 4.78 is 5.06. The van der Waals surface area contributed by atoms with Gasteiger partial charge < -0.3 is 4.74 Å². The van der Waals surface area contributed by atoms with Crippen LogP contribution in [0.1, 0.15) is 32.9 Å². The summed E-state index contributed by atoms with van der Waals surface area (Å²) in [5, 5.41) is 0. The van der Waals surface area contributed by atoms with Crippen LogP contribution in [0.3, 0.4) is 0 Å². The number of pyridine rings is 1. The van der Waals surface area contributed by atoms with E-state index in [1.54, 1.807) is 19.6 Å². The van der Waals surface area contributed by atoms with Crippen LogP contribution in [0.15, 0.2) is 30.7 Å². The molecule has 0 spiro atoms. The summed E-state index contributed by atoms with van der Waals surface area (Å²) in [6, 6.07) is 5.83. The zero-order chi connectivity index (χ0) is 13.9. The number of hydrogen-bond acceptors (Lipinski definition) is 4. The number of nitrogens with zero attached hydrogens (tertiary/aromatic N) is 3. The van der Waals surface area contributed by atoms with Gasteiger partial charge in [-0.2, -0.15) is 0 Å². The molecule has 0 amide bonds. The Bertz CT molecular complexity index is 550. The first kappa shape index (κ1) is 13.5. The molecule has 0 aliphatic rings. The summed E-state index contributed by atoms with van der Waals surface area (Å²) in [5.41, 5.74) is 2.96. The van der Waals surface area contributed by atoms with Crippen LogP contribution >= 0.6 is 0 Å². The highest BCUT2D eigenvalue weighted by atomic mass is 16.5. The Morgan fingerprint density at radius 2 is 1.95 bits per heavy atom. The lowest BCUT2D eigenvalue weighted by molar-refractivity contribution is 0.398. The minimum Gasteiger partial charge on any atom is -0.481 e. The van der Waals surface area contributed by atoms with E-state index < -0.39 is 0 Å². The van der Waals surface area contributed by atoms with Gasteiger partial charge in [0.05, 0.1) is 12.8 Å². The molecule has 100 valence electrons. The molecule has 0 N–H and O–H groups in total. The molecule has 19 heavy (non-hydrogen) atoms. The van der Waals surface area contributed by atoms with Crippen LogP contribution in [0.2, 0.25) is 0 Å². The zero-order valence-electron chi connectivity index (χ0n) is 11.8. The van der Waals surface area contributed by atoms with Crippen molar-refractivity contribution in [3.05, 3.63) is 36.4 Å². The van der Waals surface area contributed by atoms with E-state index in [1.165, 1.54) is 0 Å². The second kappa shape index (κ2) is 5.34. The molecule has 0 fully saturated rings. The third kappa shape index (κ3) is 2.89. The molecule has 0 saturated carbocycles. The number of rotatable bonds is 4. The average molecular weight is 257 g/mol. The summed E-state index contributed by atoms with van der Waals surface area (Å²) in [6.07, 6.45) is 4.42. The first-order valence-electron chi connectivity index (χ1n) is 6.40. The normalized spacial score (nSPS) is 11.4. The maximum absolute atomic E-state index is 5.06.